The molecule has 2 N–H and O–H groups in total. The fourth-order valence-corrected chi connectivity index (χ4v) is 4.64. The number of aromatic nitrogens is 4. The summed E-state index contributed by atoms with van der Waals surface area (Å²) in [5, 5.41) is -0.125. The number of nitrogen functional groups attached to an aromatic ring is 1. The van der Waals surface area contributed by atoms with Crippen molar-refractivity contribution in [2.75, 3.05) is 25.7 Å². The summed E-state index contributed by atoms with van der Waals surface area (Å²) in [5.41, 5.74) is 4.90. The maximum absolute atomic E-state index is 15.5. The van der Waals surface area contributed by atoms with E-state index in [9.17, 15) is 9.59 Å². The third-order valence-corrected chi connectivity index (χ3v) is 6.88. The predicted octanol–water partition coefficient (Wildman–Crippen LogP) is 3.34. The molecule has 1 fully saturated rings. The number of hydrogen-bond donors (Lipinski definition) is 1. The summed E-state index contributed by atoms with van der Waals surface area (Å²) in [7, 11) is 0. The average molecular weight is 575 g/mol. The molecule has 0 amide bonds. The number of Topliss-reactive ketones (excluding diaryl/α,β-unsaturated/α-hetero) is 1. The molecule has 1 aliphatic rings. The zero-order valence-electron chi connectivity index (χ0n) is 22.0. The molecule has 0 saturated carbocycles. The molecular weight excluding hydrogens is 547 g/mol. The summed E-state index contributed by atoms with van der Waals surface area (Å²) in [5.74, 6) is -1.64. The molecule has 0 radical (unpaired) electrons. The van der Waals surface area contributed by atoms with Crippen LogP contribution in [-0.4, -0.2) is 69.1 Å². The highest BCUT2D eigenvalue weighted by atomic mass is 35.5. The lowest BCUT2D eigenvalue weighted by molar-refractivity contribution is -0.182. The summed E-state index contributed by atoms with van der Waals surface area (Å²) in [6.45, 7) is 10.9. The van der Waals surface area contributed by atoms with E-state index in [0.717, 1.165) is 0 Å². The van der Waals surface area contributed by atoms with Crippen LogP contribution in [0.2, 0.25) is 5.28 Å². The summed E-state index contributed by atoms with van der Waals surface area (Å²) < 4.78 is 39.4. The van der Waals surface area contributed by atoms with Gasteiger partial charge in [0.15, 0.2) is 29.6 Å². The van der Waals surface area contributed by atoms with E-state index >= 15 is 4.39 Å². The lowest BCUT2D eigenvalue weighted by Gasteiger charge is -2.31. The number of rotatable bonds is 11. The second-order valence-corrected chi connectivity index (χ2v) is 9.58. The van der Waals surface area contributed by atoms with Crippen molar-refractivity contribution < 1.29 is 32.9 Å². The van der Waals surface area contributed by atoms with Gasteiger partial charge in [0, 0.05) is 12.3 Å². The van der Waals surface area contributed by atoms with Crippen LogP contribution < -0.4 is 10.5 Å². The number of alkyl halides is 1. The van der Waals surface area contributed by atoms with Crippen molar-refractivity contribution >= 4 is 40.3 Å². The topological polar surface area (TPSA) is 145 Å². The van der Waals surface area contributed by atoms with Crippen LogP contribution >= 0.6 is 11.6 Å². The number of benzene rings is 1. The largest absolute Gasteiger partial charge is 0.463 e. The van der Waals surface area contributed by atoms with Gasteiger partial charge in [-0.25, -0.2) is 20.7 Å². The third kappa shape index (κ3) is 5.70. The maximum atomic E-state index is 15.5. The minimum absolute atomic E-state index is 0.0207. The lowest BCUT2D eigenvalue weighted by Crippen LogP contribution is -2.52. The van der Waals surface area contributed by atoms with E-state index in [-0.39, 0.29) is 48.6 Å². The van der Waals surface area contributed by atoms with Crippen LogP contribution in [0.15, 0.2) is 30.6 Å². The van der Waals surface area contributed by atoms with E-state index in [2.05, 4.69) is 19.8 Å². The number of carbonyl (C=O) groups is 2. The smallest absolute Gasteiger partial charge is 0.357 e. The van der Waals surface area contributed by atoms with Crippen molar-refractivity contribution in [3.63, 3.8) is 0 Å². The first kappa shape index (κ1) is 29.1. The van der Waals surface area contributed by atoms with Crippen molar-refractivity contribution in [2.45, 2.75) is 51.3 Å². The molecule has 212 valence electrons. The Hall–Kier alpha value is -3.86. The standard InChI is InChI=1S/C26H28ClFN6O6/c1-5-37-24(36)26(15(3)35,10-16-6-8-17(9-7-16)38-13-30-4)39-11-18-14(2)19(28)23(40-18)34-12-31-20-21(29)32-25(27)33-22(20)34/h6-9,12,14,18-19,23H,5,10-11,13H2,1-3H3,(H2,29,32,33)/t14-,18-,19+,23-,26?/m1/s1. The van der Waals surface area contributed by atoms with Crippen LogP contribution in [0.25, 0.3) is 16.0 Å². The van der Waals surface area contributed by atoms with E-state index in [0.29, 0.717) is 11.3 Å². The van der Waals surface area contributed by atoms with Gasteiger partial charge in [-0.05, 0) is 43.1 Å². The van der Waals surface area contributed by atoms with Gasteiger partial charge in [-0.2, -0.15) is 9.97 Å². The summed E-state index contributed by atoms with van der Waals surface area (Å²) in [6.07, 6.45) is -2.31. The van der Waals surface area contributed by atoms with Gasteiger partial charge < -0.3 is 24.7 Å². The van der Waals surface area contributed by atoms with Crippen molar-refractivity contribution in [2.24, 2.45) is 5.92 Å². The highest BCUT2D eigenvalue weighted by molar-refractivity contribution is 6.28. The van der Waals surface area contributed by atoms with Gasteiger partial charge in [-0.3, -0.25) is 14.2 Å². The molecule has 0 bridgehead atoms. The number of nitrogens with zero attached hydrogens (tertiary/aromatic N) is 5. The number of fused-ring (bicyclic) bond motifs is 1. The van der Waals surface area contributed by atoms with Gasteiger partial charge in [0.25, 0.3) is 0 Å². The second kappa shape index (κ2) is 12.1. The number of ether oxygens (including phenoxy) is 4. The minimum Gasteiger partial charge on any atom is -0.463 e. The molecule has 2 aromatic heterocycles. The Balaban J connectivity index is 1.57. The maximum Gasteiger partial charge on any atom is 0.357 e. The molecular formula is C26H28ClFN6O6. The molecule has 3 heterocycles. The Morgan fingerprint density at radius 3 is 2.67 bits per heavy atom. The number of hydrogen-bond acceptors (Lipinski definition) is 10. The molecule has 1 aliphatic heterocycles. The van der Waals surface area contributed by atoms with E-state index in [1.54, 1.807) is 38.1 Å². The molecule has 0 spiro atoms. The normalized spacial score (nSPS) is 22.0. The van der Waals surface area contributed by atoms with Crippen LogP contribution in [0.5, 0.6) is 5.75 Å². The molecule has 4 rings (SSSR count). The first-order valence-electron chi connectivity index (χ1n) is 12.4. The number of esters is 1. The third-order valence-electron chi connectivity index (χ3n) is 6.71. The SMILES string of the molecule is [C-]#[N+]COc1ccc(CC(OC[C@H]2O[C@@H](n3cnc4c(N)nc(Cl)nc43)[C@@H](F)[C@@H]2C)(C(C)=O)C(=O)OCC)cc1. The summed E-state index contributed by atoms with van der Waals surface area (Å²) >= 11 is 5.94. The summed E-state index contributed by atoms with van der Waals surface area (Å²) in [6, 6.07) is 6.56. The molecule has 0 aliphatic carbocycles. The Kier molecular flexibility index (Phi) is 8.82. The zero-order valence-corrected chi connectivity index (χ0v) is 22.8. The van der Waals surface area contributed by atoms with Crippen LogP contribution in [0.3, 0.4) is 0 Å². The van der Waals surface area contributed by atoms with E-state index in [1.165, 1.54) is 17.8 Å². The molecule has 1 saturated heterocycles. The van der Waals surface area contributed by atoms with Crippen LogP contribution in [0.1, 0.15) is 32.6 Å². The first-order chi connectivity index (χ1) is 19.1. The molecule has 1 aromatic carbocycles. The van der Waals surface area contributed by atoms with Gasteiger partial charge in [-0.1, -0.05) is 19.1 Å². The van der Waals surface area contributed by atoms with Crippen LogP contribution in [0.4, 0.5) is 10.2 Å². The van der Waals surface area contributed by atoms with Gasteiger partial charge in [-0.15, -0.1) is 0 Å². The Labute approximate surface area is 234 Å². The molecule has 12 nitrogen and oxygen atoms in total. The van der Waals surface area contributed by atoms with Gasteiger partial charge in [0.1, 0.15) is 11.3 Å². The molecule has 3 aromatic rings. The molecule has 1 unspecified atom stereocenters. The monoisotopic (exact) mass is 574 g/mol. The Bertz CT molecular complexity index is 1430. The molecule has 5 atom stereocenters. The Morgan fingerprint density at radius 2 is 2.02 bits per heavy atom. The number of carbonyl (C=O) groups excluding carboxylic acids is 2. The van der Waals surface area contributed by atoms with Crippen molar-refractivity contribution in [1.82, 2.24) is 19.5 Å². The number of imidazole rings is 1. The van der Waals surface area contributed by atoms with Gasteiger partial charge in [0.05, 0.1) is 25.6 Å². The number of nitrogens with two attached hydrogens (primary N) is 1. The number of halogens is 2. The lowest BCUT2D eigenvalue weighted by atomic mass is 9.90. The first-order valence-corrected chi connectivity index (χ1v) is 12.8. The van der Waals surface area contributed by atoms with E-state index < -0.39 is 41.8 Å². The van der Waals surface area contributed by atoms with E-state index in [1.807, 2.05) is 0 Å². The summed E-state index contributed by atoms with van der Waals surface area (Å²) in [4.78, 5) is 41.4. The second-order valence-electron chi connectivity index (χ2n) is 9.24. The quantitative estimate of drug-likeness (QED) is 0.157. The highest BCUT2D eigenvalue weighted by Gasteiger charge is 2.50. The van der Waals surface area contributed by atoms with Crippen molar-refractivity contribution in [1.29, 1.82) is 0 Å². The molecule has 14 heteroatoms. The van der Waals surface area contributed by atoms with E-state index in [4.69, 9.17) is 42.9 Å². The fourth-order valence-electron chi connectivity index (χ4n) is 4.47. The fraction of sp³-hybridized carbons (Fsp3) is 0.462. The van der Waals surface area contributed by atoms with Gasteiger partial charge >= 0.3 is 12.7 Å². The van der Waals surface area contributed by atoms with Gasteiger partial charge in [0.2, 0.25) is 10.9 Å². The van der Waals surface area contributed by atoms with Crippen molar-refractivity contribution in [3.05, 3.63) is 52.9 Å². The zero-order chi connectivity index (χ0) is 29.0. The molecule has 40 heavy (non-hydrogen) atoms. The van der Waals surface area contributed by atoms with Crippen molar-refractivity contribution in [3.8, 4) is 5.75 Å². The van der Waals surface area contributed by atoms with Crippen LogP contribution in [-0.2, 0) is 30.2 Å². The number of anilines is 1. The van der Waals surface area contributed by atoms with Crippen LogP contribution in [0, 0.1) is 12.5 Å². The highest BCUT2D eigenvalue weighted by Crippen LogP contribution is 2.39. The average Bonchev–Trinajstić information content (AvgIpc) is 3.46. The predicted molar refractivity (Wildman–Crippen MR) is 141 cm³/mol. The number of ketones is 1. The Morgan fingerprint density at radius 1 is 1.30 bits per heavy atom. The minimum atomic E-state index is -2.00.